The average Bonchev–Trinajstić information content (AvgIpc) is 3.76. The van der Waals surface area contributed by atoms with Gasteiger partial charge in [0.25, 0.3) is 11.5 Å². The lowest BCUT2D eigenvalue weighted by Crippen LogP contribution is -2.36. The first-order valence-electron chi connectivity index (χ1n) is 14.9. The minimum absolute atomic E-state index is 0.0603. The first-order chi connectivity index (χ1) is 22.9. The van der Waals surface area contributed by atoms with Gasteiger partial charge in [0.2, 0.25) is 5.91 Å². The standard InChI is InChI=1S/C32H32N8O6S2/c1-16-38-39-29(47-16)18-8-6-17(7-9-18)27(41)36-21-15-34-26-23(45-5)11-22(40(26)30(21)43)28(42)35-14-20-10-19-13-33-25(12-24(19)48-20)37-31(44)46-32(2,3)4/h6-10,12-13,15,22-23H,11,14H2,1-5H3,(H,35,42)(H,36,41)(H,33,37,44)/t22-,23+/m0/s1. The summed E-state index contributed by atoms with van der Waals surface area (Å²) >= 11 is 2.88. The third-order valence-electron chi connectivity index (χ3n) is 7.33. The van der Waals surface area contributed by atoms with E-state index in [1.54, 1.807) is 57.3 Å². The Kier molecular flexibility index (Phi) is 9.05. The molecule has 0 saturated heterocycles. The van der Waals surface area contributed by atoms with Gasteiger partial charge in [-0.3, -0.25) is 24.3 Å². The van der Waals surface area contributed by atoms with Crippen LogP contribution in [0.3, 0.4) is 0 Å². The highest BCUT2D eigenvalue weighted by molar-refractivity contribution is 7.19. The van der Waals surface area contributed by atoms with Crippen molar-refractivity contribution in [3.05, 3.63) is 80.4 Å². The quantitative estimate of drug-likeness (QED) is 0.196. The maximum Gasteiger partial charge on any atom is 0.413 e. The molecule has 0 spiro atoms. The fraction of sp³-hybridized carbons (Fsp3) is 0.312. The maximum absolute atomic E-state index is 13.6. The molecule has 1 aromatic carbocycles. The van der Waals surface area contributed by atoms with Crippen LogP contribution in [-0.2, 0) is 20.8 Å². The Labute approximate surface area is 282 Å². The highest BCUT2D eigenvalue weighted by atomic mass is 32.1. The van der Waals surface area contributed by atoms with Gasteiger partial charge >= 0.3 is 6.09 Å². The zero-order valence-electron chi connectivity index (χ0n) is 26.7. The number of fused-ring (bicyclic) bond motifs is 2. The van der Waals surface area contributed by atoms with Crippen molar-refractivity contribution in [2.45, 2.75) is 58.4 Å². The van der Waals surface area contributed by atoms with Crippen molar-refractivity contribution in [3.63, 3.8) is 0 Å². The van der Waals surface area contributed by atoms with Crippen molar-refractivity contribution in [3.8, 4) is 10.6 Å². The zero-order valence-corrected chi connectivity index (χ0v) is 28.3. The molecule has 1 aliphatic rings. The fourth-order valence-electron chi connectivity index (χ4n) is 5.16. The first kappa shape index (κ1) is 32.9. The summed E-state index contributed by atoms with van der Waals surface area (Å²) < 4.78 is 13.0. The Morgan fingerprint density at radius 3 is 2.48 bits per heavy atom. The SMILES string of the molecule is CO[C@@H]1C[C@@H](C(=O)NCc2cc3cnc(NC(=O)OC(C)(C)C)cc3s2)n2c1ncc(NC(=O)c1ccc(-c3nnc(C)s3)cc1)c2=O. The van der Waals surface area contributed by atoms with Crippen LogP contribution >= 0.6 is 22.7 Å². The van der Waals surface area contributed by atoms with E-state index >= 15 is 0 Å². The molecule has 4 aromatic heterocycles. The normalized spacial score (nSPS) is 15.6. The van der Waals surface area contributed by atoms with Gasteiger partial charge in [-0.1, -0.05) is 23.5 Å². The largest absolute Gasteiger partial charge is 0.444 e. The number of rotatable bonds is 8. The van der Waals surface area contributed by atoms with Gasteiger partial charge in [0.15, 0.2) is 0 Å². The molecule has 248 valence electrons. The summed E-state index contributed by atoms with van der Waals surface area (Å²) in [5.74, 6) is -0.248. The number of carbonyl (C=O) groups excluding carboxylic acids is 3. The van der Waals surface area contributed by atoms with E-state index in [1.165, 1.54) is 40.5 Å². The molecule has 3 amide bonds. The lowest BCUT2D eigenvalue weighted by atomic mass is 10.1. The van der Waals surface area contributed by atoms with Gasteiger partial charge in [-0.2, -0.15) is 0 Å². The number of nitrogens with one attached hydrogen (secondary N) is 3. The molecular formula is C32H32N8O6S2. The van der Waals surface area contributed by atoms with Gasteiger partial charge in [-0.15, -0.1) is 21.5 Å². The van der Waals surface area contributed by atoms with Gasteiger partial charge in [-0.25, -0.2) is 14.8 Å². The third-order valence-corrected chi connectivity index (χ3v) is 9.32. The van der Waals surface area contributed by atoms with Crippen molar-refractivity contribution >= 4 is 62.2 Å². The predicted molar refractivity (Wildman–Crippen MR) is 181 cm³/mol. The maximum atomic E-state index is 13.6. The van der Waals surface area contributed by atoms with Crippen molar-refractivity contribution < 1.29 is 23.9 Å². The van der Waals surface area contributed by atoms with E-state index in [0.29, 0.717) is 17.2 Å². The molecule has 0 fully saturated rings. The number of nitrogens with zero attached hydrogens (tertiary/aromatic N) is 5. The second kappa shape index (κ2) is 13.2. The number of thiophene rings is 1. The Bertz CT molecular complexity index is 2080. The van der Waals surface area contributed by atoms with Gasteiger partial charge in [0.1, 0.15) is 45.1 Å². The van der Waals surface area contributed by atoms with E-state index < -0.39 is 41.2 Å². The minimum atomic E-state index is -0.905. The van der Waals surface area contributed by atoms with E-state index in [9.17, 15) is 19.2 Å². The zero-order chi connectivity index (χ0) is 34.2. The van der Waals surface area contributed by atoms with Crippen molar-refractivity contribution in [2.75, 3.05) is 17.7 Å². The number of benzene rings is 1. The van der Waals surface area contributed by atoms with Crippen LogP contribution in [0.1, 0.15) is 65.4 Å². The molecule has 16 heteroatoms. The van der Waals surface area contributed by atoms with Crippen LogP contribution in [0.2, 0.25) is 0 Å². The predicted octanol–water partition coefficient (Wildman–Crippen LogP) is 5.23. The molecule has 5 aromatic rings. The van der Waals surface area contributed by atoms with E-state index in [2.05, 4.69) is 36.1 Å². The molecule has 0 aliphatic carbocycles. The van der Waals surface area contributed by atoms with E-state index in [1.807, 2.05) is 13.0 Å². The summed E-state index contributed by atoms with van der Waals surface area (Å²) in [4.78, 5) is 61.8. The molecular weight excluding hydrogens is 657 g/mol. The number of aryl methyl sites for hydroxylation is 1. The van der Waals surface area contributed by atoms with E-state index in [0.717, 1.165) is 30.5 Å². The number of hydrogen-bond donors (Lipinski definition) is 3. The number of ether oxygens (including phenoxy) is 2. The highest BCUT2D eigenvalue weighted by Gasteiger charge is 2.38. The molecule has 0 bridgehead atoms. The Morgan fingerprint density at radius 2 is 1.79 bits per heavy atom. The third kappa shape index (κ3) is 7.10. The molecule has 6 rings (SSSR count). The average molecular weight is 689 g/mol. The van der Waals surface area contributed by atoms with E-state index in [-0.39, 0.29) is 18.7 Å². The topological polar surface area (TPSA) is 179 Å². The smallest absolute Gasteiger partial charge is 0.413 e. The number of amides is 3. The van der Waals surface area contributed by atoms with Gasteiger partial charge < -0.3 is 20.1 Å². The molecule has 2 atom stereocenters. The number of methoxy groups -OCH3 is 1. The molecule has 3 N–H and O–H groups in total. The summed E-state index contributed by atoms with van der Waals surface area (Å²) in [6.07, 6.45) is 1.93. The van der Waals surface area contributed by atoms with Crippen LogP contribution in [0.15, 0.2) is 53.6 Å². The van der Waals surface area contributed by atoms with Crippen LogP contribution < -0.4 is 21.5 Å². The Hall–Kier alpha value is -5.06. The monoisotopic (exact) mass is 688 g/mol. The van der Waals surface area contributed by atoms with Gasteiger partial charge in [-0.05, 0) is 52.0 Å². The van der Waals surface area contributed by atoms with Crippen molar-refractivity contribution in [1.29, 1.82) is 0 Å². The van der Waals surface area contributed by atoms with Crippen LogP contribution in [0.4, 0.5) is 16.3 Å². The summed E-state index contributed by atoms with van der Waals surface area (Å²) in [6, 6.07) is 9.53. The summed E-state index contributed by atoms with van der Waals surface area (Å²) in [5, 5.41) is 18.7. The van der Waals surface area contributed by atoms with Crippen LogP contribution in [0, 0.1) is 6.92 Å². The molecule has 0 saturated carbocycles. The van der Waals surface area contributed by atoms with Gasteiger partial charge in [0, 0.05) is 45.8 Å². The highest BCUT2D eigenvalue weighted by Crippen LogP contribution is 2.35. The number of hydrogen-bond acceptors (Lipinski definition) is 12. The first-order valence-corrected chi connectivity index (χ1v) is 16.5. The van der Waals surface area contributed by atoms with Crippen LogP contribution in [-0.4, -0.2) is 55.4 Å². The molecule has 48 heavy (non-hydrogen) atoms. The number of aromatic nitrogens is 5. The van der Waals surface area contributed by atoms with Gasteiger partial charge in [0.05, 0.1) is 12.7 Å². The molecule has 0 radical (unpaired) electrons. The van der Waals surface area contributed by atoms with Crippen LogP contribution in [0.25, 0.3) is 20.7 Å². The van der Waals surface area contributed by atoms with E-state index in [4.69, 9.17) is 9.47 Å². The Morgan fingerprint density at radius 1 is 1.02 bits per heavy atom. The second-order valence-electron chi connectivity index (χ2n) is 12.0. The van der Waals surface area contributed by atoms with Crippen molar-refractivity contribution in [1.82, 2.24) is 30.0 Å². The Balaban J connectivity index is 1.14. The molecule has 0 unspecified atom stereocenters. The summed E-state index contributed by atoms with van der Waals surface area (Å²) in [6.45, 7) is 7.39. The molecule has 5 heterocycles. The second-order valence-corrected chi connectivity index (χ2v) is 14.4. The molecule has 14 nitrogen and oxygen atoms in total. The minimum Gasteiger partial charge on any atom is -0.444 e. The number of anilines is 2. The van der Waals surface area contributed by atoms with Crippen molar-refractivity contribution in [2.24, 2.45) is 0 Å². The molecule has 1 aliphatic heterocycles. The lowest BCUT2D eigenvalue weighted by molar-refractivity contribution is -0.124. The lowest BCUT2D eigenvalue weighted by Gasteiger charge is -2.19. The fourth-order valence-corrected chi connectivity index (χ4v) is 6.87. The number of carbonyl (C=O) groups is 3. The van der Waals surface area contributed by atoms with Crippen LogP contribution in [0.5, 0.6) is 0 Å². The number of pyridine rings is 1. The summed E-state index contributed by atoms with van der Waals surface area (Å²) in [5.41, 5.74) is -0.111. The summed E-state index contributed by atoms with van der Waals surface area (Å²) in [7, 11) is 1.49.